The predicted octanol–water partition coefficient (Wildman–Crippen LogP) is 6.54. The summed E-state index contributed by atoms with van der Waals surface area (Å²) in [6.45, 7) is 12.4. The normalized spacial score (nSPS) is 34.0. The second-order valence-electron chi connectivity index (χ2n) is 11.2. The number of aryl methyl sites for hydroxylation is 1. The third-order valence-electron chi connectivity index (χ3n) is 9.28. The number of ether oxygens (including phenoxy) is 1. The molecule has 178 valence electrons. The number of hydrogen-bond acceptors (Lipinski definition) is 4. The molecule has 4 rings (SSSR count). The molecule has 0 N–H and O–H groups in total. The van der Waals surface area contributed by atoms with Crippen LogP contribution >= 0.6 is 0 Å². The Balaban J connectivity index is 1.48. The number of rotatable bonds is 6. The van der Waals surface area contributed by atoms with Gasteiger partial charge >= 0.3 is 5.97 Å². The molecule has 32 heavy (non-hydrogen) atoms. The third-order valence-corrected chi connectivity index (χ3v) is 9.28. The molecule has 0 aromatic carbocycles. The predicted molar refractivity (Wildman–Crippen MR) is 128 cm³/mol. The molecule has 3 fully saturated rings. The molecule has 2 saturated carbocycles. The Labute approximate surface area is 194 Å². The van der Waals surface area contributed by atoms with E-state index < -0.39 is 0 Å². The van der Waals surface area contributed by atoms with Crippen LogP contribution in [-0.4, -0.2) is 31.1 Å². The molecule has 1 aromatic heterocycles. The SMILES string of the molecule is C=C1CCC2C(C)(C(=O)OC)CCCC2(C)C1CCc1ccoc1CN1CCCCCC1. The lowest BCUT2D eigenvalue weighted by Gasteiger charge is -2.57. The zero-order valence-electron chi connectivity index (χ0n) is 20.6. The molecule has 0 spiro atoms. The highest BCUT2D eigenvalue weighted by atomic mass is 16.5. The summed E-state index contributed by atoms with van der Waals surface area (Å²) in [5.74, 6) is 1.95. The number of likely N-dealkylation sites (tertiary alicyclic amines) is 1. The summed E-state index contributed by atoms with van der Waals surface area (Å²) < 4.78 is 11.2. The fraction of sp³-hybridized carbons (Fsp3) is 0.750. The molecule has 0 bridgehead atoms. The fourth-order valence-corrected chi connectivity index (χ4v) is 7.49. The standard InChI is InChI=1S/C28H43NO3/c1-21-10-13-25-27(2,15-9-16-28(25,3)26(30)31-4)23(21)12-11-22-14-19-32-24(22)20-29-17-7-5-6-8-18-29/h14,19,23,25H,1,5-13,15-18,20H2,2-4H3. The van der Waals surface area contributed by atoms with Crippen molar-refractivity contribution in [3.8, 4) is 0 Å². The van der Waals surface area contributed by atoms with E-state index in [0.29, 0.717) is 11.8 Å². The molecule has 1 aromatic rings. The van der Waals surface area contributed by atoms with Gasteiger partial charge in [-0.15, -0.1) is 0 Å². The van der Waals surface area contributed by atoms with E-state index in [9.17, 15) is 4.79 Å². The van der Waals surface area contributed by atoms with Gasteiger partial charge in [0.1, 0.15) is 5.76 Å². The summed E-state index contributed by atoms with van der Waals surface area (Å²) in [6.07, 6.45) is 14.6. The highest BCUT2D eigenvalue weighted by Gasteiger charge is 2.57. The van der Waals surface area contributed by atoms with Crippen LogP contribution in [0.4, 0.5) is 0 Å². The number of methoxy groups -OCH3 is 1. The molecule has 4 nitrogen and oxygen atoms in total. The third kappa shape index (κ3) is 4.44. The minimum atomic E-state index is -0.367. The van der Waals surface area contributed by atoms with Gasteiger partial charge in [-0.1, -0.05) is 38.3 Å². The lowest BCUT2D eigenvalue weighted by atomic mass is 9.46. The van der Waals surface area contributed by atoms with E-state index >= 15 is 0 Å². The van der Waals surface area contributed by atoms with Gasteiger partial charge in [-0.25, -0.2) is 0 Å². The smallest absolute Gasteiger partial charge is 0.311 e. The molecular weight excluding hydrogens is 398 g/mol. The van der Waals surface area contributed by atoms with Crippen molar-refractivity contribution in [1.29, 1.82) is 0 Å². The molecule has 0 radical (unpaired) electrons. The van der Waals surface area contributed by atoms with E-state index in [1.54, 1.807) is 7.11 Å². The van der Waals surface area contributed by atoms with E-state index in [1.165, 1.54) is 56.3 Å². The Kier molecular flexibility index (Phi) is 7.19. The molecule has 2 heterocycles. The minimum absolute atomic E-state index is 0.0192. The van der Waals surface area contributed by atoms with Crippen LogP contribution in [0.15, 0.2) is 28.9 Å². The van der Waals surface area contributed by atoms with Gasteiger partial charge < -0.3 is 9.15 Å². The maximum atomic E-state index is 12.8. The van der Waals surface area contributed by atoms with Crippen molar-refractivity contribution in [2.75, 3.05) is 20.2 Å². The monoisotopic (exact) mass is 441 g/mol. The van der Waals surface area contributed by atoms with E-state index in [1.807, 2.05) is 6.26 Å². The second-order valence-corrected chi connectivity index (χ2v) is 11.2. The molecule has 4 atom stereocenters. The summed E-state index contributed by atoms with van der Waals surface area (Å²) in [5, 5.41) is 0. The number of nitrogens with zero attached hydrogens (tertiary/aromatic N) is 1. The van der Waals surface area contributed by atoms with E-state index in [-0.39, 0.29) is 16.8 Å². The first kappa shape index (κ1) is 23.6. The first-order valence-electron chi connectivity index (χ1n) is 12.9. The summed E-state index contributed by atoms with van der Waals surface area (Å²) in [7, 11) is 1.55. The number of carbonyl (C=O) groups excluding carboxylic acids is 1. The van der Waals surface area contributed by atoms with Crippen LogP contribution < -0.4 is 0 Å². The molecule has 4 unspecified atom stereocenters. The molecular formula is C28H43NO3. The highest BCUT2D eigenvalue weighted by molar-refractivity contribution is 5.77. The molecule has 0 amide bonds. The average Bonchev–Trinajstić information content (AvgIpc) is 3.04. The number of fused-ring (bicyclic) bond motifs is 1. The summed E-state index contributed by atoms with van der Waals surface area (Å²) in [6, 6.07) is 2.18. The summed E-state index contributed by atoms with van der Waals surface area (Å²) in [5.41, 5.74) is 2.49. The Morgan fingerprint density at radius 3 is 2.66 bits per heavy atom. The van der Waals surface area contributed by atoms with Crippen LogP contribution in [0.2, 0.25) is 0 Å². The van der Waals surface area contributed by atoms with Crippen LogP contribution in [0.3, 0.4) is 0 Å². The number of furan rings is 1. The van der Waals surface area contributed by atoms with Crippen molar-refractivity contribution in [3.05, 3.63) is 35.8 Å². The van der Waals surface area contributed by atoms with Crippen molar-refractivity contribution < 1.29 is 13.9 Å². The number of hydrogen-bond donors (Lipinski definition) is 0. The fourth-order valence-electron chi connectivity index (χ4n) is 7.49. The topological polar surface area (TPSA) is 42.7 Å². The lowest BCUT2D eigenvalue weighted by Crippen LogP contribution is -2.53. The highest BCUT2D eigenvalue weighted by Crippen LogP contribution is 2.62. The quantitative estimate of drug-likeness (QED) is 0.371. The minimum Gasteiger partial charge on any atom is -0.469 e. The Morgan fingerprint density at radius 2 is 1.94 bits per heavy atom. The van der Waals surface area contributed by atoms with Crippen LogP contribution in [0.1, 0.15) is 89.4 Å². The van der Waals surface area contributed by atoms with Gasteiger partial charge in [-0.2, -0.15) is 0 Å². The van der Waals surface area contributed by atoms with Gasteiger partial charge in [-0.05, 0) is 100 Å². The van der Waals surface area contributed by atoms with Crippen LogP contribution in [0.25, 0.3) is 0 Å². The van der Waals surface area contributed by atoms with E-state index in [4.69, 9.17) is 9.15 Å². The van der Waals surface area contributed by atoms with Crippen molar-refractivity contribution >= 4 is 5.97 Å². The van der Waals surface area contributed by atoms with Gasteiger partial charge in [0, 0.05) is 0 Å². The molecule has 3 aliphatic rings. The molecule has 2 aliphatic carbocycles. The average molecular weight is 442 g/mol. The van der Waals surface area contributed by atoms with Crippen LogP contribution in [0, 0.1) is 22.7 Å². The molecule has 4 heteroatoms. The van der Waals surface area contributed by atoms with E-state index in [2.05, 4.69) is 31.4 Å². The zero-order chi connectivity index (χ0) is 22.8. The van der Waals surface area contributed by atoms with E-state index in [0.717, 1.165) is 50.8 Å². The van der Waals surface area contributed by atoms with Crippen LogP contribution in [0.5, 0.6) is 0 Å². The summed E-state index contributed by atoms with van der Waals surface area (Å²) in [4.78, 5) is 15.4. The van der Waals surface area contributed by atoms with Gasteiger partial charge in [0.15, 0.2) is 0 Å². The zero-order valence-corrected chi connectivity index (χ0v) is 20.6. The van der Waals surface area contributed by atoms with Gasteiger partial charge in [0.2, 0.25) is 0 Å². The van der Waals surface area contributed by atoms with Crippen LogP contribution in [-0.2, 0) is 22.5 Å². The van der Waals surface area contributed by atoms with Crippen molar-refractivity contribution in [2.24, 2.45) is 22.7 Å². The first-order valence-corrected chi connectivity index (χ1v) is 12.9. The summed E-state index contributed by atoms with van der Waals surface area (Å²) >= 11 is 0. The van der Waals surface area contributed by atoms with Gasteiger partial charge in [0.25, 0.3) is 0 Å². The molecule has 1 aliphatic heterocycles. The largest absolute Gasteiger partial charge is 0.469 e. The van der Waals surface area contributed by atoms with Gasteiger partial charge in [-0.3, -0.25) is 9.69 Å². The lowest BCUT2D eigenvalue weighted by molar-refractivity contribution is -0.168. The Bertz CT molecular complexity index is 805. The Morgan fingerprint density at radius 1 is 1.19 bits per heavy atom. The molecule has 1 saturated heterocycles. The first-order chi connectivity index (χ1) is 15.4. The number of esters is 1. The maximum Gasteiger partial charge on any atom is 0.311 e. The number of carbonyl (C=O) groups is 1. The Hall–Kier alpha value is -1.55. The van der Waals surface area contributed by atoms with Crippen molar-refractivity contribution in [1.82, 2.24) is 4.90 Å². The maximum absolute atomic E-state index is 12.8. The van der Waals surface area contributed by atoms with Crippen molar-refractivity contribution in [3.63, 3.8) is 0 Å². The van der Waals surface area contributed by atoms with Gasteiger partial charge in [0.05, 0.1) is 25.3 Å². The van der Waals surface area contributed by atoms with Crippen molar-refractivity contribution in [2.45, 2.75) is 91.0 Å². The number of allylic oxidation sites excluding steroid dienone is 1. The second kappa shape index (κ2) is 9.75.